The Morgan fingerprint density at radius 3 is 2.28 bits per heavy atom. The maximum absolute atomic E-state index is 12.0. The van der Waals surface area contributed by atoms with E-state index < -0.39 is 21.4 Å². The van der Waals surface area contributed by atoms with Gasteiger partial charge in [-0.15, -0.1) is 0 Å². The fourth-order valence-corrected chi connectivity index (χ4v) is 15.6. The largest absolute Gasteiger partial charge is 0.479 e. The molecule has 7 aliphatic rings. The zero-order chi connectivity index (χ0) is 36.1. The number of aliphatic hydroxyl groups is 1. The van der Waals surface area contributed by atoms with E-state index in [4.69, 9.17) is 0 Å². The number of fused-ring (bicyclic) bond motifs is 7. The minimum atomic E-state index is -2.87. The van der Waals surface area contributed by atoms with Crippen LogP contribution in [0.25, 0.3) is 0 Å². The van der Waals surface area contributed by atoms with Crippen molar-refractivity contribution in [2.45, 2.75) is 130 Å². The Morgan fingerprint density at radius 1 is 0.920 bits per heavy atom. The van der Waals surface area contributed by atoms with Gasteiger partial charge in [-0.25, -0.2) is 13.2 Å². The summed E-state index contributed by atoms with van der Waals surface area (Å²) in [7, 11) is -2.87. The summed E-state index contributed by atoms with van der Waals surface area (Å²) in [5.74, 6) is 2.53. The van der Waals surface area contributed by atoms with Gasteiger partial charge in [0.05, 0.1) is 11.5 Å². The predicted molar refractivity (Wildman–Crippen MR) is 200 cm³/mol. The van der Waals surface area contributed by atoms with Crippen molar-refractivity contribution in [1.82, 2.24) is 10.2 Å². The van der Waals surface area contributed by atoms with Crippen LogP contribution in [-0.2, 0) is 14.6 Å². The fraction of sp³-hybridized carbons (Fsp3) is 0.833. The van der Waals surface area contributed by atoms with Gasteiger partial charge in [0, 0.05) is 38.1 Å². The van der Waals surface area contributed by atoms with Crippen molar-refractivity contribution in [3.05, 3.63) is 35.5 Å². The Balaban J connectivity index is 1.13. The third-order valence-corrected chi connectivity index (χ3v) is 18.8. The topological polar surface area (TPSA) is 107 Å². The summed E-state index contributed by atoms with van der Waals surface area (Å²) in [5, 5.41) is 24.5. The van der Waals surface area contributed by atoms with Gasteiger partial charge in [-0.3, -0.25) is 0 Å². The first kappa shape index (κ1) is 36.9. The highest BCUT2D eigenvalue weighted by Gasteiger charge is 2.70. The smallest absolute Gasteiger partial charge is 0.336 e. The molecule has 7 rings (SSSR count). The van der Waals surface area contributed by atoms with Gasteiger partial charge in [-0.1, -0.05) is 58.9 Å². The van der Waals surface area contributed by atoms with Gasteiger partial charge in [-0.05, 0) is 140 Å². The number of allylic oxidation sites excluding steroid dienone is 4. The molecule has 0 amide bonds. The molecule has 3 N–H and O–H groups in total. The summed E-state index contributed by atoms with van der Waals surface area (Å²) >= 11 is 0. The Kier molecular flexibility index (Phi) is 9.05. The fourth-order valence-electron chi connectivity index (χ4n) is 14.3. The van der Waals surface area contributed by atoms with E-state index in [0.717, 1.165) is 19.5 Å². The third-order valence-electron chi connectivity index (χ3n) is 17.2. The van der Waals surface area contributed by atoms with E-state index in [1.165, 1.54) is 68.1 Å². The van der Waals surface area contributed by atoms with E-state index in [0.29, 0.717) is 60.6 Å². The first-order valence-corrected chi connectivity index (χ1v) is 21.8. The maximum Gasteiger partial charge on any atom is 0.336 e. The van der Waals surface area contributed by atoms with Crippen molar-refractivity contribution in [3.63, 3.8) is 0 Å². The monoisotopic (exact) mass is 710 g/mol. The molecule has 8 heteroatoms. The second-order valence-electron chi connectivity index (χ2n) is 19.6. The van der Waals surface area contributed by atoms with E-state index >= 15 is 0 Å². The average Bonchev–Trinajstić information content (AvgIpc) is 3.43. The highest BCUT2D eigenvalue weighted by Crippen LogP contribution is 2.76. The van der Waals surface area contributed by atoms with Crippen molar-refractivity contribution in [1.29, 1.82) is 0 Å². The molecule has 0 aromatic rings. The number of hydrogen-bond donors (Lipinski definition) is 3. The zero-order valence-electron chi connectivity index (χ0n) is 32.0. The lowest BCUT2D eigenvalue weighted by atomic mass is 9.33. The van der Waals surface area contributed by atoms with Gasteiger partial charge < -0.3 is 20.4 Å². The van der Waals surface area contributed by atoms with Crippen LogP contribution in [-0.4, -0.2) is 78.3 Å². The van der Waals surface area contributed by atoms with Crippen LogP contribution in [0.15, 0.2) is 35.5 Å². The molecule has 1 heterocycles. The number of nitrogens with one attached hydrogen (secondary N) is 1. The van der Waals surface area contributed by atoms with Crippen LogP contribution in [0.4, 0.5) is 0 Å². The molecule has 1 aliphatic heterocycles. The predicted octanol–water partition coefficient (Wildman–Crippen LogP) is 7.18. The zero-order valence-corrected chi connectivity index (χ0v) is 32.8. The molecule has 1 saturated heterocycles. The van der Waals surface area contributed by atoms with Gasteiger partial charge in [0.2, 0.25) is 0 Å². The van der Waals surface area contributed by atoms with E-state index in [2.05, 4.69) is 64.4 Å². The molecule has 4 saturated carbocycles. The Morgan fingerprint density at radius 2 is 1.64 bits per heavy atom. The van der Waals surface area contributed by atoms with Gasteiger partial charge in [0.15, 0.2) is 15.4 Å². The lowest BCUT2D eigenvalue weighted by Crippen LogP contribution is -2.68. The van der Waals surface area contributed by atoms with Gasteiger partial charge >= 0.3 is 5.97 Å². The molecule has 0 bridgehead atoms. The minimum absolute atomic E-state index is 0.00270. The van der Waals surface area contributed by atoms with E-state index in [-0.39, 0.29) is 40.0 Å². The number of carboxylic acid groups (broad SMARTS) is 1. The molecule has 50 heavy (non-hydrogen) atoms. The molecule has 0 aromatic heterocycles. The maximum atomic E-state index is 12.0. The van der Waals surface area contributed by atoms with Crippen molar-refractivity contribution in [2.75, 3.05) is 37.7 Å². The molecule has 0 spiro atoms. The van der Waals surface area contributed by atoms with Gasteiger partial charge in [-0.2, -0.15) is 0 Å². The van der Waals surface area contributed by atoms with Crippen LogP contribution >= 0.6 is 0 Å². The molecule has 0 aromatic carbocycles. The summed E-state index contributed by atoms with van der Waals surface area (Å²) in [6.45, 7) is 23.0. The summed E-state index contributed by atoms with van der Waals surface area (Å²) in [6.07, 6.45) is 16.8. The molecular weight excluding hydrogens is 645 g/mol. The summed E-state index contributed by atoms with van der Waals surface area (Å²) in [6, 6.07) is 0. The summed E-state index contributed by atoms with van der Waals surface area (Å²) in [5.41, 5.74) is 3.28. The third kappa shape index (κ3) is 5.49. The molecule has 6 aliphatic carbocycles. The minimum Gasteiger partial charge on any atom is -0.479 e. The summed E-state index contributed by atoms with van der Waals surface area (Å²) < 4.78 is 24.0. The van der Waals surface area contributed by atoms with Crippen molar-refractivity contribution in [3.8, 4) is 0 Å². The lowest BCUT2D eigenvalue weighted by molar-refractivity contribution is -0.221. The molecule has 7 nitrogen and oxygen atoms in total. The average molecular weight is 711 g/mol. The molecular formula is C42H66N2O5S. The van der Waals surface area contributed by atoms with Gasteiger partial charge in [0.25, 0.3) is 0 Å². The van der Waals surface area contributed by atoms with Gasteiger partial charge in [0.1, 0.15) is 0 Å². The first-order chi connectivity index (χ1) is 23.3. The number of rotatable bonds is 7. The molecule has 10 atom stereocenters. The number of aliphatic carboxylic acids is 1. The molecule has 280 valence electrons. The Bertz CT molecular complexity index is 1570. The highest BCUT2D eigenvalue weighted by atomic mass is 32.2. The van der Waals surface area contributed by atoms with E-state index in [1.54, 1.807) is 0 Å². The van der Waals surface area contributed by atoms with Crippen LogP contribution in [0.1, 0.15) is 119 Å². The van der Waals surface area contributed by atoms with Crippen LogP contribution in [0.5, 0.6) is 0 Å². The van der Waals surface area contributed by atoms with E-state index in [9.17, 15) is 23.4 Å². The van der Waals surface area contributed by atoms with Crippen LogP contribution in [0, 0.1) is 51.2 Å². The lowest BCUT2D eigenvalue weighted by Gasteiger charge is -2.72. The Hall–Kier alpha value is -1.48. The molecule has 0 radical (unpaired) electrons. The van der Waals surface area contributed by atoms with Crippen molar-refractivity contribution < 1.29 is 23.4 Å². The SMILES string of the molecule is C=C(C)C1CCC2(NCCN3CCS(=O)(=O)CC3)CCC3(C)C(CCC4C5(C)CC=C(C6=CCC(O)(C(=O)O)CC6)C(C)(C)C5CCC43C)C12. The first-order valence-electron chi connectivity index (χ1n) is 20.0. The quantitative estimate of drug-likeness (QED) is 0.241. The second-order valence-corrected chi connectivity index (χ2v) is 21.9. The normalized spacial score (nSPS) is 46.7. The van der Waals surface area contributed by atoms with E-state index in [1.807, 2.05) is 6.08 Å². The summed E-state index contributed by atoms with van der Waals surface area (Å²) in [4.78, 5) is 14.1. The van der Waals surface area contributed by atoms with Crippen LogP contribution in [0.3, 0.4) is 0 Å². The number of carboxylic acids is 1. The second kappa shape index (κ2) is 12.3. The van der Waals surface area contributed by atoms with Crippen molar-refractivity contribution in [2.24, 2.45) is 51.2 Å². The number of sulfone groups is 1. The number of carbonyl (C=O) groups is 1. The van der Waals surface area contributed by atoms with Crippen molar-refractivity contribution >= 4 is 15.8 Å². The standard InChI is InChI=1S/C42H66N2O5S/c1-28(2)30-12-17-41(43-22-23-44-24-26-50(48,49)27-25-44)21-20-39(6)32(35(30)41)8-9-34-38(5)15-13-31(29-10-18-42(47,19-11-29)36(45)46)37(3,4)33(38)14-16-40(34,39)7/h10,13,30,32-35,43,47H,1,8-9,11-12,14-27H2,2-7H3,(H,45,46). The van der Waals surface area contributed by atoms with Crippen LogP contribution in [0.2, 0.25) is 0 Å². The molecule has 10 unspecified atom stereocenters. The van der Waals surface area contributed by atoms with Crippen LogP contribution < -0.4 is 5.32 Å². The molecule has 5 fully saturated rings. The number of nitrogens with zero attached hydrogens (tertiary/aromatic N) is 1. The number of hydrogen-bond acceptors (Lipinski definition) is 6. The Labute approximate surface area is 302 Å². The highest BCUT2D eigenvalue weighted by molar-refractivity contribution is 7.91.